The number of carbonyl (C=O) groups is 4. The Kier molecular flexibility index (Phi) is 4.93. The van der Waals surface area contributed by atoms with Crippen molar-refractivity contribution in [3.63, 3.8) is 0 Å². The van der Waals surface area contributed by atoms with Crippen molar-refractivity contribution in [2.24, 2.45) is 0 Å². The molecule has 27 heavy (non-hydrogen) atoms. The molecular formula is C18H18N4O5. The Morgan fingerprint density at radius 1 is 1.15 bits per heavy atom. The summed E-state index contributed by atoms with van der Waals surface area (Å²) in [6, 6.07) is 10.9. The van der Waals surface area contributed by atoms with Gasteiger partial charge in [0.2, 0.25) is 5.91 Å². The number of hydrazine groups is 1. The van der Waals surface area contributed by atoms with E-state index in [9.17, 15) is 19.2 Å². The van der Waals surface area contributed by atoms with Crippen LogP contribution in [0.3, 0.4) is 0 Å². The van der Waals surface area contributed by atoms with Crippen LogP contribution in [0.2, 0.25) is 0 Å². The summed E-state index contributed by atoms with van der Waals surface area (Å²) in [6.45, 7) is 1.54. The summed E-state index contributed by atoms with van der Waals surface area (Å²) in [5.41, 5.74) is 1.33. The lowest BCUT2D eigenvalue weighted by atomic mass is 10.00. The van der Waals surface area contributed by atoms with Gasteiger partial charge in [0.05, 0.1) is 6.26 Å². The fourth-order valence-electron chi connectivity index (χ4n) is 2.63. The molecule has 1 aliphatic rings. The third kappa shape index (κ3) is 3.66. The molecule has 1 aromatic heterocycles. The zero-order chi connectivity index (χ0) is 19.4. The molecule has 9 nitrogen and oxygen atoms in total. The van der Waals surface area contributed by atoms with Crippen LogP contribution >= 0.6 is 0 Å². The van der Waals surface area contributed by atoms with E-state index in [1.165, 1.54) is 13.2 Å². The van der Waals surface area contributed by atoms with E-state index >= 15 is 0 Å². The second-order valence-corrected chi connectivity index (χ2v) is 6.08. The van der Waals surface area contributed by atoms with Gasteiger partial charge in [-0.1, -0.05) is 18.2 Å². The highest BCUT2D eigenvalue weighted by Gasteiger charge is 2.51. The summed E-state index contributed by atoms with van der Waals surface area (Å²) in [5.74, 6) is -1.31. The maximum absolute atomic E-state index is 12.5. The van der Waals surface area contributed by atoms with E-state index in [2.05, 4.69) is 16.1 Å². The molecule has 0 unspecified atom stereocenters. The molecule has 0 spiro atoms. The van der Waals surface area contributed by atoms with Crippen LogP contribution in [0.1, 0.15) is 29.5 Å². The Morgan fingerprint density at radius 3 is 2.56 bits per heavy atom. The maximum atomic E-state index is 12.5. The number of imide groups is 1. The van der Waals surface area contributed by atoms with Gasteiger partial charge in [0.25, 0.3) is 11.8 Å². The van der Waals surface area contributed by atoms with Gasteiger partial charge in [0.15, 0.2) is 5.54 Å². The minimum Gasteiger partial charge on any atom is -0.466 e. The quantitative estimate of drug-likeness (QED) is 0.653. The predicted octanol–water partition coefficient (Wildman–Crippen LogP) is 0.898. The third-order valence-electron chi connectivity index (χ3n) is 4.11. The fourth-order valence-corrected chi connectivity index (χ4v) is 2.63. The van der Waals surface area contributed by atoms with E-state index in [1.54, 1.807) is 42.5 Å². The zero-order valence-electron chi connectivity index (χ0n) is 14.5. The summed E-state index contributed by atoms with van der Waals surface area (Å²) >= 11 is 0. The molecule has 5 amide bonds. The van der Waals surface area contributed by atoms with Crippen LogP contribution in [0.15, 0.2) is 53.1 Å². The minimum absolute atomic E-state index is 0.0542. The molecule has 1 atom stereocenters. The van der Waals surface area contributed by atoms with Gasteiger partial charge < -0.3 is 15.1 Å². The molecular weight excluding hydrogens is 352 g/mol. The Hall–Kier alpha value is -3.62. The van der Waals surface area contributed by atoms with E-state index in [4.69, 9.17) is 4.42 Å². The molecule has 0 radical (unpaired) electrons. The summed E-state index contributed by atoms with van der Waals surface area (Å²) < 4.78 is 5.20. The zero-order valence-corrected chi connectivity index (χ0v) is 14.5. The molecule has 3 rings (SSSR count). The smallest absolute Gasteiger partial charge is 0.344 e. The van der Waals surface area contributed by atoms with Crippen LogP contribution < -0.4 is 16.1 Å². The number of urea groups is 1. The van der Waals surface area contributed by atoms with Gasteiger partial charge in [-0.05, 0) is 31.2 Å². The number of nitrogens with one attached hydrogen (secondary N) is 3. The molecule has 2 aromatic rings. The highest BCUT2D eigenvalue weighted by molar-refractivity contribution is 6.07. The van der Waals surface area contributed by atoms with Crippen molar-refractivity contribution in [3.05, 3.63) is 60.1 Å². The SMILES string of the molecule is C[C@]1(c2ccco2)NC(=O)N(NC(=O)CCNC(=O)c2ccccc2)C1=O. The molecule has 1 saturated heterocycles. The molecule has 0 bridgehead atoms. The molecule has 2 heterocycles. The fraction of sp³-hybridized carbons (Fsp3) is 0.222. The van der Waals surface area contributed by atoms with Crippen molar-refractivity contribution in [2.45, 2.75) is 18.9 Å². The molecule has 0 saturated carbocycles. The number of carbonyl (C=O) groups excluding carboxylic acids is 4. The first-order valence-electron chi connectivity index (χ1n) is 8.25. The number of benzene rings is 1. The summed E-state index contributed by atoms with van der Waals surface area (Å²) in [5, 5.41) is 5.70. The van der Waals surface area contributed by atoms with Crippen molar-refractivity contribution in [1.29, 1.82) is 0 Å². The number of amides is 5. The van der Waals surface area contributed by atoms with Crippen molar-refractivity contribution in [1.82, 2.24) is 21.1 Å². The van der Waals surface area contributed by atoms with E-state index in [-0.39, 0.29) is 24.6 Å². The van der Waals surface area contributed by atoms with Crippen LogP contribution in [-0.2, 0) is 15.1 Å². The van der Waals surface area contributed by atoms with Crippen molar-refractivity contribution in [2.75, 3.05) is 6.54 Å². The Labute approximate surface area is 154 Å². The first-order chi connectivity index (χ1) is 12.9. The molecule has 3 N–H and O–H groups in total. The standard InChI is InChI=1S/C18H18N4O5/c1-18(13-8-5-11-27-13)16(25)22(17(26)20-18)21-14(23)9-10-19-15(24)12-6-3-2-4-7-12/h2-8,11H,9-10H2,1H3,(H,19,24)(H,20,26)(H,21,23)/t18-/m1/s1. The lowest BCUT2D eigenvalue weighted by Gasteiger charge is -2.19. The average molecular weight is 370 g/mol. The Morgan fingerprint density at radius 2 is 1.89 bits per heavy atom. The monoisotopic (exact) mass is 370 g/mol. The van der Waals surface area contributed by atoms with Crippen molar-refractivity contribution in [3.8, 4) is 0 Å². The number of rotatable bonds is 6. The van der Waals surface area contributed by atoms with Gasteiger partial charge in [-0.2, -0.15) is 5.01 Å². The van der Waals surface area contributed by atoms with Crippen LogP contribution in [0.25, 0.3) is 0 Å². The number of hydrogen-bond donors (Lipinski definition) is 3. The highest BCUT2D eigenvalue weighted by Crippen LogP contribution is 2.28. The van der Waals surface area contributed by atoms with Crippen LogP contribution in [0, 0.1) is 0 Å². The number of nitrogens with zero attached hydrogens (tertiary/aromatic N) is 1. The van der Waals surface area contributed by atoms with Gasteiger partial charge in [-0.15, -0.1) is 0 Å². The summed E-state index contributed by atoms with van der Waals surface area (Å²) in [6.07, 6.45) is 1.28. The third-order valence-corrected chi connectivity index (χ3v) is 4.11. The Balaban J connectivity index is 1.53. The normalized spacial score (nSPS) is 18.9. The van der Waals surface area contributed by atoms with Crippen LogP contribution in [0.5, 0.6) is 0 Å². The second kappa shape index (κ2) is 7.32. The van der Waals surface area contributed by atoms with Gasteiger partial charge in [-0.3, -0.25) is 19.8 Å². The molecule has 9 heteroatoms. The first kappa shape index (κ1) is 18.2. The molecule has 1 aliphatic heterocycles. The van der Waals surface area contributed by atoms with Crippen molar-refractivity contribution < 1.29 is 23.6 Å². The summed E-state index contributed by atoms with van der Waals surface area (Å²) in [7, 11) is 0. The lowest BCUT2D eigenvalue weighted by molar-refractivity contribution is -0.139. The highest BCUT2D eigenvalue weighted by atomic mass is 16.3. The van der Waals surface area contributed by atoms with E-state index < -0.39 is 23.4 Å². The van der Waals surface area contributed by atoms with Gasteiger partial charge in [0.1, 0.15) is 5.76 Å². The molecule has 1 fully saturated rings. The maximum Gasteiger partial charge on any atom is 0.344 e. The van der Waals surface area contributed by atoms with Crippen LogP contribution in [0.4, 0.5) is 4.79 Å². The minimum atomic E-state index is -1.39. The molecule has 140 valence electrons. The van der Waals surface area contributed by atoms with E-state index in [1.807, 2.05) is 0 Å². The van der Waals surface area contributed by atoms with Gasteiger partial charge in [-0.25, -0.2) is 4.79 Å². The van der Waals surface area contributed by atoms with Gasteiger partial charge >= 0.3 is 6.03 Å². The summed E-state index contributed by atoms with van der Waals surface area (Å²) in [4.78, 5) is 48.6. The molecule has 0 aliphatic carbocycles. The first-order valence-corrected chi connectivity index (χ1v) is 8.25. The topological polar surface area (TPSA) is 121 Å². The van der Waals surface area contributed by atoms with Crippen LogP contribution in [-0.4, -0.2) is 35.3 Å². The van der Waals surface area contributed by atoms with Crippen molar-refractivity contribution >= 4 is 23.8 Å². The lowest BCUT2D eigenvalue weighted by Crippen LogP contribution is -2.48. The van der Waals surface area contributed by atoms with Gasteiger partial charge in [0, 0.05) is 18.5 Å². The van der Waals surface area contributed by atoms with E-state index in [0.29, 0.717) is 10.6 Å². The molecule has 1 aromatic carbocycles. The average Bonchev–Trinajstić information content (AvgIpc) is 3.27. The number of furan rings is 1. The second-order valence-electron chi connectivity index (χ2n) is 6.08. The van der Waals surface area contributed by atoms with E-state index in [0.717, 1.165) is 0 Å². The predicted molar refractivity (Wildman–Crippen MR) is 93.0 cm³/mol. The Bertz CT molecular complexity index is 865. The number of hydrogen-bond acceptors (Lipinski definition) is 5. The largest absolute Gasteiger partial charge is 0.466 e.